The fourth-order valence-corrected chi connectivity index (χ4v) is 3.47. The second-order valence-electron chi connectivity index (χ2n) is 6.90. The van der Waals surface area contributed by atoms with E-state index in [-0.39, 0.29) is 29.2 Å². The Bertz CT molecular complexity index is 1080. The normalized spacial score (nSPS) is 15.0. The quantitative estimate of drug-likeness (QED) is 0.649. The van der Waals surface area contributed by atoms with Crippen LogP contribution in [0.3, 0.4) is 0 Å². The van der Waals surface area contributed by atoms with Gasteiger partial charge in [0, 0.05) is 30.3 Å². The lowest BCUT2D eigenvalue weighted by molar-refractivity contribution is -0.121. The van der Waals surface area contributed by atoms with Crippen LogP contribution in [0.5, 0.6) is 0 Å². The summed E-state index contributed by atoms with van der Waals surface area (Å²) in [6, 6.07) is 10.6. The van der Waals surface area contributed by atoms with Gasteiger partial charge in [-0.25, -0.2) is 9.18 Å². The number of carbonyl (C=O) groups is 2. The maximum atomic E-state index is 13.0. The van der Waals surface area contributed by atoms with Gasteiger partial charge in [0.15, 0.2) is 0 Å². The van der Waals surface area contributed by atoms with Crippen LogP contribution in [0.15, 0.2) is 47.3 Å². The summed E-state index contributed by atoms with van der Waals surface area (Å²) in [4.78, 5) is 43.4. The number of fused-ring (bicyclic) bond motifs is 1. The molecule has 7 nitrogen and oxygen atoms in total. The SMILES string of the molecule is O=C(Nc1ccc2[nH]c(=O)[nH]c2c1)C1CCN(C(=O)c2ccc(F)cc2)CC1. The van der Waals surface area contributed by atoms with Crippen LogP contribution in [-0.2, 0) is 4.79 Å². The molecule has 0 radical (unpaired) electrons. The Morgan fingerprint density at radius 3 is 2.39 bits per heavy atom. The van der Waals surface area contributed by atoms with Gasteiger partial charge in [0.1, 0.15) is 5.82 Å². The molecule has 8 heteroatoms. The minimum Gasteiger partial charge on any atom is -0.339 e. The first-order valence-electron chi connectivity index (χ1n) is 9.07. The molecule has 0 spiro atoms. The van der Waals surface area contributed by atoms with Gasteiger partial charge < -0.3 is 20.2 Å². The second-order valence-corrected chi connectivity index (χ2v) is 6.90. The highest BCUT2D eigenvalue weighted by Gasteiger charge is 2.28. The largest absolute Gasteiger partial charge is 0.339 e. The Labute approximate surface area is 159 Å². The van der Waals surface area contributed by atoms with Crippen LogP contribution in [-0.4, -0.2) is 39.8 Å². The number of anilines is 1. The standard InChI is InChI=1S/C20H19FN4O3/c21-14-3-1-13(2-4-14)19(27)25-9-7-12(8-10-25)18(26)22-15-5-6-16-17(11-15)24-20(28)23-16/h1-6,11-12H,7-10H2,(H,22,26)(H2,23,24,28). The number of aromatic amines is 2. The number of amides is 2. The molecule has 0 atom stereocenters. The number of imidazole rings is 1. The minimum absolute atomic E-state index is 0.105. The molecule has 0 bridgehead atoms. The highest BCUT2D eigenvalue weighted by molar-refractivity contribution is 5.96. The van der Waals surface area contributed by atoms with Crippen molar-refractivity contribution in [3.05, 3.63) is 64.3 Å². The van der Waals surface area contributed by atoms with Gasteiger partial charge in [-0.2, -0.15) is 0 Å². The van der Waals surface area contributed by atoms with Gasteiger partial charge in [-0.3, -0.25) is 9.59 Å². The first-order chi connectivity index (χ1) is 13.5. The number of benzene rings is 2. The Kier molecular flexibility index (Phi) is 4.68. The van der Waals surface area contributed by atoms with E-state index >= 15 is 0 Å². The Balaban J connectivity index is 1.36. The van der Waals surface area contributed by atoms with Crippen LogP contribution in [0.1, 0.15) is 23.2 Å². The van der Waals surface area contributed by atoms with E-state index in [4.69, 9.17) is 0 Å². The molecule has 2 aromatic carbocycles. The van der Waals surface area contributed by atoms with Crippen molar-refractivity contribution in [1.82, 2.24) is 14.9 Å². The van der Waals surface area contributed by atoms with Crippen LogP contribution < -0.4 is 11.0 Å². The molecule has 0 aliphatic carbocycles. The van der Waals surface area contributed by atoms with Gasteiger partial charge in [-0.05, 0) is 55.3 Å². The lowest BCUT2D eigenvalue weighted by atomic mass is 9.95. The monoisotopic (exact) mass is 382 g/mol. The number of nitrogens with zero attached hydrogens (tertiary/aromatic N) is 1. The summed E-state index contributed by atoms with van der Waals surface area (Å²) in [6.07, 6.45) is 1.12. The number of H-pyrrole nitrogens is 2. The molecule has 1 aliphatic heterocycles. The Morgan fingerprint density at radius 1 is 1.00 bits per heavy atom. The van der Waals surface area contributed by atoms with E-state index in [1.807, 2.05) is 0 Å². The van der Waals surface area contributed by atoms with Crippen LogP contribution in [0.25, 0.3) is 11.0 Å². The fourth-order valence-electron chi connectivity index (χ4n) is 3.47. The summed E-state index contributed by atoms with van der Waals surface area (Å²) in [5, 5.41) is 2.88. The number of rotatable bonds is 3. The number of nitrogens with one attached hydrogen (secondary N) is 3. The van der Waals surface area contributed by atoms with Gasteiger partial charge in [0.2, 0.25) is 5.91 Å². The van der Waals surface area contributed by atoms with Gasteiger partial charge in [0.25, 0.3) is 5.91 Å². The summed E-state index contributed by atoms with van der Waals surface area (Å²) >= 11 is 0. The summed E-state index contributed by atoms with van der Waals surface area (Å²) in [5.41, 5.74) is 2.06. The van der Waals surface area contributed by atoms with Crippen molar-refractivity contribution in [1.29, 1.82) is 0 Å². The van der Waals surface area contributed by atoms with Crippen molar-refractivity contribution < 1.29 is 14.0 Å². The predicted molar refractivity (Wildman–Crippen MR) is 103 cm³/mol. The van der Waals surface area contributed by atoms with E-state index in [1.54, 1.807) is 23.1 Å². The lowest BCUT2D eigenvalue weighted by Gasteiger charge is -2.31. The zero-order valence-corrected chi connectivity index (χ0v) is 15.0. The van der Waals surface area contributed by atoms with Crippen LogP contribution >= 0.6 is 0 Å². The van der Waals surface area contributed by atoms with E-state index in [0.717, 1.165) is 0 Å². The van der Waals surface area contributed by atoms with Crippen molar-refractivity contribution in [3.63, 3.8) is 0 Å². The molecule has 144 valence electrons. The lowest BCUT2D eigenvalue weighted by Crippen LogP contribution is -2.41. The van der Waals surface area contributed by atoms with Gasteiger partial charge in [-0.1, -0.05) is 0 Å². The fraction of sp³-hybridized carbons (Fsp3) is 0.250. The average Bonchev–Trinajstić information content (AvgIpc) is 3.07. The summed E-state index contributed by atoms with van der Waals surface area (Å²) in [6.45, 7) is 0.941. The molecule has 1 aromatic heterocycles. The molecule has 28 heavy (non-hydrogen) atoms. The topological polar surface area (TPSA) is 98.1 Å². The smallest absolute Gasteiger partial charge is 0.323 e. The van der Waals surface area contributed by atoms with Crippen LogP contribution in [0.2, 0.25) is 0 Å². The molecule has 2 amide bonds. The Hall–Kier alpha value is -3.42. The van der Waals surface area contributed by atoms with E-state index in [0.29, 0.717) is 48.2 Å². The van der Waals surface area contributed by atoms with E-state index in [9.17, 15) is 18.8 Å². The summed E-state index contributed by atoms with van der Waals surface area (Å²) in [5.74, 6) is -0.834. The molecule has 4 rings (SSSR count). The van der Waals surface area contributed by atoms with Gasteiger partial charge >= 0.3 is 5.69 Å². The number of piperidine rings is 1. The van der Waals surface area contributed by atoms with Gasteiger partial charge in [-0.15, -0.1) is 0 Å². The average molecular weight is 382 g/mol. The van der Waals surface area contributed by atoms with Crippen molar-refractivity contribution in [2.24, 2.45) is 5.92 Å². The van der Waals surface area contributed by atoms with E-state index in [2.05, 4.69) is 15.3 Å². The van der Waals surface area contributed by atoms with Crippen molar-refractivity contribution in [2.45, 2.75) is 12.8 Å². The Morgan fingerprint density at radius 2 is 1.68 bits per heavy atom. The van der Waals surface area contributed by atoms with E-state index < -0.39 is 0 Å². The van der Waals surface area contributed by atoms with Gasteiger partial charge in [0.05, 0.1) is 11.0 Å². The minimum atomic E-state index is -0.381. The van der Waals surface area contributed by atoms with E-state index in [1.165, 1.54) is 24.3 Å². The molecular weight excluding hydrogens is 363 g/mol. The maximum absolute atomic E-state index is 13.0. The zero-order chi connectivity index (χ0) is 19.7. The van der Waals surface area contributed by atoms with Crippen molar-refractivity contribution >= 4 is 28.5 Å². The van der Waals surface area contributed by atoms with Crippen LogP contribution in [0, 0.1) is 11.7 Å². The third-order valence-corrected chi connectivity index (χ3v) is 5.03. The molecule has 0 saturated carbocycles. The second kappa shape index (κ2) is 7.30. The molecular formula is C20H19FN4O3. The number of hydrogen-bond donors (Lipinski definition) is 3. The predicted octanol–water partition coefficient (Wildman–Crippen LogP) is 2.49. The molecule has 2 heterocycles. The summed E-state index contributed by atoms with van der Waals surface area (Å²) < 4.78 is 13.0. The number of carbonyl (C=O) groups excluding carboxylic acids is 2. The maximum Gasteiger partial charge on any atom is 0.323 e. The number of aromatic nitrogens is 2. The first-order valence-corrected chi connectivity index (χ1v) is 9.07. The molecule has 1 saturated heterocycles. The number of likely N-dealkylation sites (tertiary alicyclic amines) is 1. The molecule has 3 N–H and O–H groups in total. The molecule has 3 aromatic rings. The number of halogens is 1. The highest BCUT2D eigenvalue weighted by atomic mass is 19.1. The first kappa shape index (κ1) is 18.0. The number of hydrogen-bond acceptors (Lipinski definition) is 3. The third kappa shape index (κ3) is 3.66. The van der Waals surface area contributed by atoms with Crippen molar-refractivity contribution in [2.75, 3.05) is 18.4 Å². The molecule has 0 unspecified atom stereocenters. The highest BCUT2D eigenvalue weighted by Crippen LogP contribution is 2.22. The van der Waals surface area contributed by atoms with Crippen molar-refractivity contribution in [3.8, 4) is 0 Å². The van der Waals surface area contributed by atoms with Crippen LogP contribution in [0.4, 0.5) is 10.1 Å². The third-order valence-electron chi connectivity index (χ3n) is 5.03. The zero-order valence-electron chi connectivity index (χ0n) is 15.0. The molecule has 1 aliphatic rings. The summed E-state index contributed by atoms with van der Waals surface area (Å²) in [7, 11) is 0. The molecule has 1 fully saturated rings.